The lowest BCUT2D eigenvalue weighted by atomic mass is 10.1. The molecule has 0 aromatic heterocycles. The van der Waals surface area contributed by atoms with Crippen LogP contribution in [-0.4, -0.2) is 13.3 Å². The van der Waals surface area contributed by atoms with Crippen LogP contribution in [0.2, 0.25) is 0 Å². The van der Waals surface area contributed by atoms with Gasteiger partial charge in [-0.05, 0) is 24.1 Å². The van der Waals surface area contributed by atoms with E-state index in [1.54, 1.807) is 0 Å². The van der Waals surface area contributed by atoms with E-state index in [0.29, 0.717) is 0 Å². The monoisotopic (exact) mass is 259 g/mol. The minimum absolute atomic E-state index is 0.389. The van der Waals surface area contributed by atoms with E-state index >= 15 is 0 Å². The van der Waals surface area contributed by atoms with Gasteiger partial charge in [-0.1, -0.05) is 74.0 Å². The lowest BCUT2D eigenvalue weighted by Gasteiger charge is -1.98. The van der Waals surface area contributed by atoms with Crippen LogP contribution in [0.5, 0.6) is 0 Å². The van der Waals surface area contributed by atoms with E-state index in [1.807, 2.05) is 12.1 Å². The molecule has 0 radical (unpaired) electrons. The fraction of sp³-hybridized carbons (Fsp3) is 0.294. The molecule has 0 bridgehead atoms. The highest BCUT2D eigenvalue weighted by atomic mass is 19.1. The summed E-state index contributed by atoms with van der Waals surface area (Å²) < 4.78 is 11.2. The number of hydrogen-bond acceptors (Lipinski definition) is 1. The van der Waals surface area contributed by atoms with Crippen LogP contribution in [0.3, 0.4) is 0 Å². The molecule has 0 aliphatic heterocycles. The van der Waals surface area contributed by atoms with Crippen LogP contribution < -0.4 is 5.32 Å². The lowest BCUT2D eigenvalue weighted by Crippen LogP contribution is -2.12. The van der Waals surface area contributed by atoms with Crippen molar-refractivity contribution in [3.05, 3.63) is 60.7 Å². The van der Waals surface area contributed by atoms with Crippen molar-refractivity contribution >= 4 is 0 Å². The van der Waals surface area contributed by atoms with Gasteiger partial charge in [-0.15, -0.1) is 0 Å². The van der Waals surface area contributed by atoms with Gasteiger partial charge in [0.1, 0.15) is 6.80 Å². The number of nitrogens with one attached hydrogen (secondary N) is 1. The molecule has 2 heteroatoms. The summed E-state index contributed by atoms with van der Waals surface area (Å²) in [6.45, 7) is 2.51. The van der Waals surface area contributed by atoms with Crippen LogP contribution in [0, 0.1) is 0 Å². The smallest absolute Gasteiger partial charge is 0.140 e. The van der Waals surface area contributed by atoms with Gasteiger partial charge in [0, 0.05) is 0 Å². The highest BCUT2D eigenvalue weighted by Crippen LogP contribution is 2.17. The minimum Gasteiger partial charge on any atom is -0.290 e. The molecule has 19 heavy (non-hydrogen) atoms. The van der Waals surface area contributed by atoms with Gasteiger partial charge in [0.25, 0.3) is 0 Å². The maximum Gasteiger partial charge on any atom is 0.140 e. The number of unbranched alkanes of at least 4 members (excludes halogenated alkanes) is 1. The Balaban J connectivity index is 0.000000224. The molecule has 102 valence electrons. The number of benzene rings is 2. The molecule has 2 aromatic rings. The average molecular weight is 259 g/mol. The molecule has 0 atom stereocenters. The van der Waals surface area contributed by atoms with Crippen molar-refractivity contribution in [2.75, 3.05) is 13.3 Å². The molecule has 1 N–H and O–H groups in total. The first-order valence-electron chi connectivity index (χ1n) is 6.75. The fourth-order valence-corrected chi connectivity index (χ4v) is 1.63. The summed E-state index contributed by atoms with van der Waals surface area (Å²) in [6, 6.07) is 20.8. The van der Waals surface area contributed by atoms with E-state index < -0.39 is 0 Å². The molecule has 0 aliphatic rings. The predicted molar refractivity (Wildman–Crippen MR) is 80.8 cm³/mol. The van der Waals surface area contributed by atoms with E-state index in [2.05, 4.69) is 60.8 Å². The molecule has 0 heterocycles. The van der Waals surface area contributed by atoms with Gasteiger partial charge >= 0.3 is 0 Å². The van der Waals surface area contributed by atoms with Gasteiger partial charge in [0.2, 0.25) is 0 Å². The van der Waals surface area contributed by atoms with Crippen LogP contribution in [0.15, 0.2) is 60.7 Å². The highest BCUT2D eigenvalue weighted by molar-refractivity contribution is 5.62. The Morgan fingerprint density at radius 3 is 1.68 bits per heavy atom. The molecule has 0 aliphatic carbocycles. The predicted octanol–water partition coefficient (Wildman–Crippen LogP) is 4.66. The molecule has 0 saturated carbocycles. The summed E-state index contributed by atoms with van der Waals surface area (Å²) in [7, 11) is 0. The molecule has 0 spiro atoms. The van der Waals surface area contributed by atoms with E-state index in [4.69, 9.17) is 0 Å². The summed E-state index contributed by atoms with van der Waals surface area (Å²) >= 11 is 0. The highest BCUT2D eigenvalue weighted by Gasteiger charge is 1.91. The van der Waals surface area contributed by atoms with E-state index in [0.717, 1.165) is 19.4 Å². The van der Waals surface area contributed by atoms with Crippen molar-refractivity contribution < 1.29 is 4.39 Å². The van der Waals surface area contributed by atoms with Crippen LogP contribution >= 0.6 is 0 Å². The topological polar surface area (TPSA) is 12.0 Å². The summed E-state index contributed by atoms with van der Waals surface area (Å²) in [4.78, 5) is 0. The van der Waals surface area contributed by atoms with E-state index in [9.17, 15) is 4.39 Å². The summed E-state index contributed by atoms with van der Waals surface area (Å²) in [6.07, 6.45) is 2.21. The third-order valence-corrected chi connectivity index (χ3v) is 2.68. The van der Waals surface area contributed by atoms with Crippen molar-refractivity contribution in [2.45, 2.75) is 19.8 Å². The zero-order valence-electron chi connectivity index (χ0n) is 11.5. The minimum atomic E-state index is -0.389. The van der Waals surface area contributed by atoms with Crippen molar-refractivity contribution in [3.63, 3.8) is 0 Å². The standard InChI is InChI=1S/C12H10.C5H12FN/c1-3-7-11(8-4-1)12-9-5-2-6-10-12;1-2-3-4-7-5-6/h1-10H;7H,2-5H2,1H3. The first kappa shape index (κ1) is 15.4. The SMILES string of the molecule is CCCCNCF.c1ccc(-c2ccccc2)cc1. The summed E-state index contributed by atoms with van der Waals surface area (Å²) in [5, 5.41) is 2.58. The van der Waals surface area contributed by atoms with Crippen molar-refractivity contribution in [3.8, 4) is 11.1 Å². The second-order valence-corrected chi connectivity index (χ2v) is 4.22. The average Bonchev–Trinajstić information content (AvgIpc) is 2.50. The molecule has 0 unspecified atom stereocenters. The number of hydrogen-bond donors (Lipinski definition) is 1. The Kier molecular flexibility index (Phi) is 8.32. The van der Waals surface area contributed by atoms with Gasteiger partial charge in [0.15, 0.2) is 0 Å². The first-order chi connectivity index (χ1) is 9.38. The van der Waals surface area contributed by atoms with Crippen LogP contribution in [0.1, 0.15) is 19.8 Å². The quantitative estimate of drug-likeness (QED) is 0.608. The molecule has 2 rings (SSSR count). The molecular weight excluding hydrogens is 237 g/mol. The van der Waals surface area contributed by atoms with E-state index in [1.165, 1.54) is 11.1 Å². The molecule has 0 amide bonds. The molecule has 0 saturated heterocycles. The van der Waals surface area contributed by atoms with Gasteiger partial charge in [0.05, 0.1) is 0 Å². The van der Waals surface area contributed by atoms with Crippen LogP contribution in [-0.2, 0) is 0 Å². The Morgan fingerprint density at radius 2 is 1.32 bits per heavy atom. The maximum absolute atomic E-state index is 11.2. The number of rotatable bonds is 5. The second-order valence-electron chi connectivity index (χ2n) is 4.22. The summed E-state index contributed by atoms with van der Waals surface area (Å²) in [5.41, 5.74) is 2.55. The largest absolute Gasteiger partial charge is 0.290 e. The van der Waals surface area contributed by atoms with Crippen molar-refractivity contribution in [1.82, 2.24) is 5.32 Å². The third kappa shape index (κ3) is 6.73. The number of alkyl halides is 1. The normalized spacial score (nSPS) is 9.58. The molecule has 0 fully saturated rings. The van der Waals surface area contributed by atoms with Crippen LogP contribution in [0.25, 0.3) is 11.1 Å². The first-order valence-corrected chi connectivity index (χ1v) is 6.75. The van der Waals surface area contributed by atoms with Crippen molar-refractivity contribution in [1.29, 1.82) is 0 Å². The Bertz CT molecular complexity index is 372. The second kappa shape index (κ2) is 10.3. The Labute approximate surface area is 115 Å². The number of halogens is 1. The Hall–Kier alpha value is -1.67. The molecule has 2 aromatic carbocycles. The Morgan fingerprint density at radius 1 is 0.842 bits per heavy atom. The fourth-order valence-electron chi connectivity index (χ4n) is 1.63. The molecular formula is C17H22FN. The van der Waals surface area contributed by atoms with Crippen molar-refractivity contribution in [2.24, 2.45) is 0 Å². The van der Waals surface area contributed by atoms with Gasteiger partial charge < -0.3 is 0 Å². The van der Waals surface area contributed by atoms with Gasteiger partial charge in [-0.2, -0.15) is 0 Å². The summed E-state index contributed by atoms with van der Waals surface area (Å²) in [5.74, 6) is 0. The zero-order valence-corrected chi connectivity index (χ0v) is 11.5. The zero-order chi connectivity index (χ0) is 13.8. The van der Waals surface area contributed by atoms with Gasteiger partial charge in [-0.3, -0.25) is 5.32 Å². The molecule has 1 nitrogen and oxygen atoms in total. The van der Waals surface area contributed by atoms with Gasteiger partial charge in [-0.25, -0.2) is 4.39 Å². The lowest BCUT2D eigenvalue weighted by molar-refractivity contribution is 0.422. The van der Waals surface area contributed by atoms with Crippen LogP contribution in [0.4, 0.5) is 4.39 Å². The third-order valence-electron chi connectivity index (χ3n) is 2.68. The van der Waals surface area contributed by atoms with E-state index in [-0.39, 0.29) is 6.80 Å². The maximum atomic E-state index is 11.2.